The molecule has 1 aliphatic heterocycles. The molecule has 0 atom stereocenters. The van der Waals surface area contributed by atoms with Gasteiger partial charge in [0.15, 0.2) is 5.69 Å². The van der Waals surface area contributed by atoms with E-state index in [0.717, 1.165) is 36.3 Å². The second-order valence-electron chi connectivity index (χ2n) is 6.62. The second-order valence-corrected chi connectivity index (χ2v) is 6.62. The number of hydrogen-bond donors (Lipinski definition) is 2. The Kier molecular flexibility index (Phi) is 5.45. The Morgan fingerprint density at radius 1 is 1.32 bits per heavy atom. The first kappa shape index (κ1) is 17.6. The topological polar surface area (TPSA) is 64.3 Å². The Balaban J connectivity index is 1.82. The van der Waals surface area contributed by atoms with Crippen LogP contribution in [0.2, 0.25) is 0 Å². The maximum Gasteiger partial charge on any atom is 0.275 e. The molecule has 1 amide bonds. The molecule has 134 valence electrons. The van der Waals surface area contributed by atoms with Crippen LogP contribution in [0.25, 0.3) is 0 Å². The van der Waals surface area contributed by atoms with E-state index in [4.69, 9.17) is 0 Å². The number of H-pyrrole nitrogens is 1. The van der Waals surface area contributed by atoms with Gasteiger partial charge in [-0.2, -0.15) is 5.10 Å². The van der Waals surface area contributed by atoms with Crippen LogP contribution in [0.5, 0.6) is 0 Å². The molecule has 3 rings (SSSR count). The minimum Gasteiger partial charge on any atom is -0.332 e. The lowest BCUT2D eigenvalue weighted by atomic mass is 10.1. The maximum absolute atomic E-state index is 13.5. The molecule has 7 heteroatoms. The largest absolute Gasteiger partial charge is 0.332 e. The lowest BCUT2D eigenvalue weighted by Crippen LogP contribution is -2.37. The number of aromatic amines is 1. The Hall–Kier alpha value is -2.25. The van der Waals surface area contributed by atoms with Gasteiger partial charge in [0.2, 0.25) is 0 Å². The summed E-state index contributed by atoms with van der Waals surface area (Å²) in [5, 5.41) is 10.5. The van der Waals surface area contributed by atoms with Gasteiger partial charge in [-0.05, 0) is 31.8 Å². The van der Waals surface area contributed by atoms with Crippen molar-refractivity contribution >= 4 is 5.91 Å². The van der Waals surface area contributed by atoms with Crippen LogP contribution >= 0.6 is 0 Å². The van der Waals surface area contributed by atoms with Crippen LogP contribution in [-0.2, 0) is 19.5 Å². The molecule has 25 heavy (non-hydrogen) atoms. The number of benzene rings is 1. The van der Waals surface area contributed by atoms with E-state index in [1.165, 1.54) is 12.1 Å². The van der Waals surface area contributed by atoms with Crippen molar-refractivity contribution in [3.05, 3.63) is 52.6 Å². The van der Waals surface area contributed by atoms with E-state index in [2.05, 4.69) is 15.5 Å². The highest BCUT2D eigenvalue weighted by Crippen LogP contribution is 2.18. The van der Waals surface area contributed by atoms with E-state index >= 15 is 0 Å². The van der Waals surface area contributed by atoms with Crippen LogP contribution in [0.15, 0.2) is 24.3 Å². The Morgan fingerprint density at radius 3 is 2.92 bits per heavy atom. The summed E-state index contributed by atoms with van der Waals surface area (Å²) < 4.78 is 13.5. The van der Waals surface area contributed by atoms with Crippen molar-refractivity contribution in [2.45, 2.75) is 19.5 Å². The molecule has 6 nitrogen and oxygen atoms in total. The molecule has 0 bridgehead atoms. The first-order valence-corrected chi connectivity index (χ1v) is 8.50. The zero-order valence-corrected chi connectivity index (χ0v) is 14.7. The summed E-state index contributed by atoms with van der Waals surface area (Å²) in [5.74, 6) is -0.411. The number of hydrogen-bond acceptors (Lipinski definition) is 4. The number of likely N-dealkylation sites (N-methyl/N-ethyl adjacent to an activating group) is 1. The summed E-state index contributed by atoms with van der Waals surface area (Å²) in [6.45, 7) is 3.17. The molecular formula is C18H24FN5O. The van der Waals surface area contributed by atoms with Gasteiger partial charge in [0.1, 0.15) is 5.82 Å². The maximum atomic E-state index is 13.5. The second kappa shape index (κ2) is 7.76. The summed E-state index contributed by atoms with van der Waals surface area (Å²) in [4.78, 5) is 16.8. The van der Waals surface area contributed by atoms with Gasteiger partial charge in [-0.15, -0.1) is 0 Å². The van der Waals surface area contributed by atoms with Crippen molar-refractivity contribution in [3.8, 4) is 0 Å². The molecule has 0 fully saturated rings. The van der Waals surface area contributed by atoms with Crippen LogP contribution in [-0.4, -0.2) is 59.6 Å². The number of fused-ring (bicyclic) bond motifs is 1. The lowest BCUT2D eigenvalue weighted by Gasteiger charge is -2.24. The highest BCUT2D eigenvalue weighted by atomic mass is 19.1. The third-order valence-electron chi connectivity index (χ3n) is 4.38. The number of amides is 1. The number of aromatic nitrogens is 2. The smallest absolute Gasteiger partial charge is 0.275 e. The third kappa shape index (κ3) is 4.24. The van der Waals surface area contributed by atoms with Crippen LogP contribution in [0, 0.1) is 5.82 Å². The average Bonchev–Trinajstić information content (AvgIpc) is 3.02. The van der Waals surface area contributed by atoms with Gasteiger partial charge in [0, 0.05) is 50.4 Å². The molecule has 1 aliphatic rings. The highest BCUT2D eigenvalue weighted by Gasteiger charge is 2.25. The van der Waals surface area contributed by atoms with E-state index in [-0.39, 0.29) is 11.7 Å². The van der Waals surface area contributed by atoms with E-state index in [1.54, 1.807) is 11.0 Å². The molecule has 0 radical (unpaired) electrons. The molecule has 0 saturated carbocycles. The van der Waals surface area contributed by atoms with Crippen molar-refractivity contribution < 1.29 is 9.18 Å². The van der Waals surface area contributed by atoms with Crippen molar-refractivity contribution in [1.29, 1.82) is 0 Å². The molecule has 2 heterocycles. The van der Waals surface area contributed by atoms with Crippen molar-refractivity contribution in [2.75, 3.05) is 33.7 Å². The summed E-state index contributed by atoms with van der Waals surface area (Å²) in [6.07, 6.45) is 0.844. The fourth-order valence-corrected chi connectivity index (χ4v) is 2.98. The van der Waals surface area contributed by atoms with Gasteiger partial charge in [-0.1, -0.05) is 12.1 Å². The normalized spacial score (nSPS) is 13.8. The minimum absolute atomic E-state index is 0.118. The Bertz CT molecular complexity index is 743. The molecule has 0 aliphatic carbocycles. The van der Waals surface area contributed by atoms with E-state index in [9.17, 15) is 9.18 Å². The standard InChI is InChI=1S/C18H24FN5O/c1-23(2)8-9-24(12-13-4-3-5-14(19)10-13)18(25)17-15-11-20-7-6-16(15)21-22-17/h3-5,10,20H,6-9,11-12H2,1-2H3,(H,21,22). The molecular weight excluding hydrogens is 321 g/mol. The predicted octanol–water partition coefficient (Wildman–Crippen LogP) is 1.40. The van der Waals surface area contributed by atoms with Gasteiger partial charge in [-0.25, -0.2) is 4.39 Å². The van der Waals surface area contributed by atoms with Crippen LogP contribution in [0.4, 0.5) is 4.39 Å². The fourth-order valence-electron chi connectivity index (χ4n) is 2.98. The Morgan fingerprint density at radius 2 is 2.16 bits per heavy atom. The highest BCUT2D eigenvalue weighted by molar-refractivity contribution is 5.94. The zero-order valence-electron chi connectivity index (χ0n) is 14.7. The van der Waals surface area contributed by atoms with Gasteiger partial charge in [0.25, 0.3) is 5.91 Å². The van der Waals surface area contributed by atoms with Crippen LogP contribution < -0.4 is 5.32 Å². The average molecular weight is 345 g/mol. The molecule has 0 saturated heterocycles. The van der Waals surface area contributed by atoms with Crippen molar-refractivity contribution in [2.24, 2.45) is 0 Å². The number of nitrogens with one attached hydrogen (secondary N) is 2. The fraction of sp³-hybridized carbons (Fsp3) is 0.444. The molecule has 0 spiro atoms. The van der Waals surface area contributed by atoms with Gasteiger partial charge in [-0.3, -0.25) is 9.89 Å². The van der Waals surface area contributed by atoms with Gasteiger partial charge >= 0.3 is 0 Å². The van der Waals surface area contributed by atoms with Gasteiger partial charge in [0.05, 0.1) is 0 Å². The van der Waals surface area contributed by atoms with E-state index in [0.29, 0.717) is 25.3 Å². The summed E-state index contributed by atoms with van der Waals surface area (Å²) in [6, 6.07) is 6.38. The number of rotatable bonds is 6. The number of halogens is 1. The number of nitrogens with zero attached hydrogens (tertiary/aromatic N) is 3. The minimum atomic E-state index is -0.293. The number of carbonyl (C=O) groups excluding carboxylic acids is 1. The first-order valence-electron chi connectivity index (χ1n) is 8.50. The SMILES string of the molecule is CN(C)CCN(Cc1cccc(F)c1)C(=O)c1n[nH]c2c1CNCC2. The molecule has 1 aromatic heterocycles. The predicted molar refractivity (Wildman–Crippen MR) is 93.7 cm³/mol. The third-order valence-corrected chi connectivity index (χ3v) is 4.38. The molecule has 0 unspecified atom stereocenters. The zero-order chi connectivity index (χ0) is 17.8. The lowest BCUT2D eigenvalue weighted by molar-refractivity contribution is 0.0724. The van der Waals surface area contributed by atoms with Crippen LogP contribution in [0.3, 0.4) is 0 Å². The number of carbonyl (C=O) groups is 1. The van der Waals surface area contributed by atoms with Crippen LogP contribution in [0.1, 0.15) is 27.3 Å². The van der Waals surface area contributed by atoms with E-state index < -0.39 is 0 Å². The summed E-state index contributed by atoms with van der Waals surface area (Å²) >= 11 is 0. The monoisotopic (exact) mass is 345 g/mol. The molecule has 2 N–H and O–H groups in total. The first-order chi connectivity index (χ1) is 12.0. The van der Waals surface area contributed by atoms with Crippen molar-refractivity contribution in [3.63, 3.8) is 0 Å². The van der Waals surface area contributed by atoms with Crippen molar-refractivity contribution in [1.82, 2.24) is 25.3 Å². The Labute approximate surface area is 147 Å². The molecule has 2 aromatic rings. The summed E-state index contributed by atoms with van der Waals surface area (Å²) in [7, 11) is 3.93. The van der Waals surface area contributed by atoms with E-state index in [1.807, 2.05) is 25.1 Å². The molecule has 1 aromatic carbocycles. The summed E-state index contributed by atoms with van der Waals surface area (Å²) in [5.41, 5.74) is 3.22. The van der Waals surface area contributed by atoms with Gasteiger partial charge < -0.3 is 15.1 Å². The quantitative estimate of drug-likeness (QED) is 0.831.